The van der Waals surface area contributed by atoms with Gasteiger partial charge < -0.3 is 24.6 Å². The molecule has 1 saturated heterocycles. The quantitative estimate of drug-likeness (QED) is 0.722. The van der Waals surface area contributed by atoms with Crippen LogP contribution in [-0.4, -0.2) is 61.4 Å². The molecule has 1 saturated carbocycles. The van der Waals surface area contributed by atoms with Crippen molar-refractivity contribution in [1.82, 2.24) is 10.2 Å². The average molecular weight is 432 g/mol. The Kier molecular flexibility index (Phi) is 7.08. The molecule has 2 fully saturated rings. The molecule has 0 spiro atoms. The topological polar surface area (TPSA) is 88.2 Å². The Morgan fingerprint density at radius 2 is 1.74 bits per heavy atom. The lowest BCUT2D eigenvalue weighted by atomic mass is 9.85. The van der Waals surface area contributed by atoms with Crippen LogP contribution in [-0.2, 0) is 19.1 Å². The molecule has 8 nitrogen and oxygen atoms in total. The molecule has 1 heterocycles. The first kappa shape index (κ1) is 22.9. The number of hydrogen-bond donors (Lipinski definition) is 1. The number of para-hydroxylation sites is 1. The van der Waals surface area contributed by atoms with E-state index in [1.54, 1.807) is 0 Å². The lowest BCUT2D eigenvalue weighted by molar-refractivity contribution is -0.152. The molecule has 0 aromatic heterocycles. The molecule has 1 N–H and O–H groups in total. The number of methoxy groups -OCH3 is 1. The number of amides is 2. The zero-order valence-corrected chi connectivity index (χ0v) is 18.8. The lowest BCUT2D eigenvalue weighted by Gasteiger charge is -2.34. The van der Waals surface area contributed by atoms with Crippen LogP contribution in [0.25, 0.3) is 0 Å². The van der Waals surface area contributed by atoms with Crippen molar-refractivity contribution in [3.8, 4) is 0 Å². The van der Waals surface area contributed by atoms with Crippen molar-refractivity contribution in [3.05, 3.63) is 30.3 Å². The summed E-state index contributed by atoms with van der Waals surface area (Å²) in [4.78, 5) is 42.0. The summed E-state index contributed by atoms with van der Waals surface area (Å²) >= 11 is 0. The van der Waals surface area contributed by atoms with E-state index in [1.807, 2.05) is 56.0 Å². The van der Waals surface area contributed by atoms with E-state index in [0.29, 0.717) is 6.54 Å². The van der Waals surface area contributed by atoms with Gasteiger partial charge in [0.2, 0.25) is 5.91 Å². The number of esters is 1. The Bertz CT molecular complexity index is 786. The monoisotopic (exact) mass is 431 g/mol. The molecular weight excluding hydrogens is 398 g/mol. The van der Waals surface area contributed by atoms with Gasteiger partial charge in [-0.05, 0) is 43.2 Å². The summed E-state index contributed by atoms with van der Waals surface area (Å²) in [6.07, 6.45) is 3.11. The molecule has 0 radical (unpaired) electrons. The highest BCUT2D eigenvalue weighted by Gasteiger charge is 2.45. The van der Waals surface area contributed by atoms with Gasteiger partial charge in [0.05, 0.1) is 20.3 Å². The standard InChI is InChI=1S/C23H33N3O5/c1-23(2,3)19(24-22(29)31-17-12-8-9-13-17)20(27)26-15-25(14-18(26)21(28)30-4)16-10-6-5-7-11-16/h5-7,10-11,17-19H,8-9,12-15H2,1-4H3,(H,24,29)/t18-,19?/m0/s1. The van der Waals surface area contributed by atoms with Crippen molar-refractivity contribution in [3.63, 3.8) is 0 Å². The fourth-order valence-electron chi connectivity index (χ4n) is 4.16. The minimum absolute atomic E-state index is 0.0982. The van der Waals surface area contributed by atoms with Crippen molar-refractivity contribution >= 4 is 23.7 Å². The Balaban J connectivity index is 1.78. The highest BCUT2D eigenvalue weighted by molar-refractivity contribution is 5.91. The minimum atomic E-state index is -0.843. The summed E-state index contributed by atoms with van der Waals surface area (Å²) in [6.45, 7) is 6.19. The number of anilines is 1. The van der Waals surface area contributed by atoms with E-state index in [0.717, 1.165) is 31.4 Å². The fourth-order valence-corrected chi connectivity index (χ4v) is 4.16. The van der Waals surface area contributed by atoms with E-state index in [4.69, 9.17) is 9.47 Å². The number of benzene rings is 1. The Hall–Kier alpha value is -2.77. The molecule has 1 aliphatic heterocycles. The maximum Gasteiger partial charge on any atom is 0.408 e. The van der Waals surface area contributed by atoms with Gasteiger partial charge in [-0.3, -0.25) is 4.79 Å². The van der Waals surface area contributed by atoms with Crippen LogP contribution in [0.3, 0.4) is 0 Å². The molecular formula is C23H33N3O5. The van der Waals surface area contributed by atoms with E-state index in [9.17, 15) is 14.4 Å². The van der Waals surface area contributed by atoms with E-state index < -0.39 is 29.6 Å². The highest BCUT2D eigenvalue weighted by Crippen LogP contribution is 2.28. The van der Waals surface area contributed by atoms with Crippen LogP contribution in [0.5, 0.6) is 0 Å². The zero-order chi connectivity index (χ0) is 22.6. The molecule has 31 heavy (non-hydrogen) atoms. The third-order valence-corrected chi connectivity index (χ3v) is 5.92. The summed E-state index contributed by atoms with van der Waals surface area (Å²) in [6, 6.07) is 7.99. The molecule has 0 bridgehead atoms. The fraction of sp³-hybridized carbons (Fsp3) is 0.609. The first-order chi connectivity index (χ1) is 14.7. The Morgan fingerprint density at radius 3 is 2.32 bits per heavy atom. The molecule has 8 heteroatoms. The first-order valence-corrected chi connectivity index (χ1v) is 10.9. The molecule has 1 unspecified atom stereocenters. The number of nitrogens with one attached hydrogen (secondary N) is 1. The van der Waals surface area contributed by atoms with Crippen molar-refractivity contribution in [2.75, 3.05) is 25.2 Å². The van der Waals surface area contributed by atoms with Gasteiger partial charge in [0.1, 0.15) is 18.2 Å². The van der Waals surface area contributed by atoms with Crippen LogP contribution in [0.15, 0.2) is 30.3 Å². The third kappa shape index (κ3) is 5.48. The Labute approximate surface area is 183 Å². The smallest absolute Gasteiger partial charge is 0.408 e. The second-order valence-electron chi connectivity index (χ2n) is 9.30. The molecule has 170 valence electrons. The van der Waals surface area contributed by atoms with E-state index >= 15 is 0 Å². The van der Waals surface area contributed by atoms with Gasteiger partial charge in [-0.1, -0.05) is 39.0 Å². The number of carbonyl (C=O) groups is 3. The summed E-state index contributed by atoms with van der Waals surface area (Å²) in [5, 5.41) is 2.77. The second kappa shape index (κ2) is 9.58. The first-order valence-electron chi connectivity index (χ1n) is 10.9. The molecule has 1 aromatic carbocycles. The molecule has 2 amide bonds. The van der Waals surface area contributed by atoms with Gasteiger partial charge in [-0.25, -0.2) is 9.59 Å². The minimum Gasteiger partial charge on any atom is -0.467 e. The number of alkyl carbamates (subject to hydrolysis) is 1. The summed E-state index contributed by atoms with van der Waals surface area (Å²) in [7, 11) is 1.31. The molecule has 1 aliphatic carbocycles. The average Bonchev–Trinajstić information content (AvgIpc) is 3.41. The van der Waals surface area contributed by atoms with Crippen molar-refractivity contribution in [2.24, 2.45) is 5.41 Å². The molecule has 2 atom stereocenters. The maximum absolute atomic E-state index is 13.6. The number of hydrogen-bond acceptors (Lipinski definition) is 6. The van der Waals surface area contributed by atoms with Gasteiger partial charge in [0, 0.05) is 5.69 Å². The van der Waals surface area contributed by atoms with Crippen LogP contribution in [0.4, 0.5) is 10.5 Å². The van der Waals surface area contributed by atoms with Crippen LogP contribution >= 0.6 is 0 Å². The summed E-state index contributed by atoms with van der Waals surface area (Å²) in [5.41, 5.74) is 0.333. The van der Waals surface area contributed by atoms with Gasteiger partial charge in [0.15, 0.2) is 0 Å². The maximum atomic E-state index is 13.6. The van der Waals surface area contributed by atoms with Gasteiger partial charge in [-0.2, -0.15) is 0 Å². The van der Waals surface area contributed by atoms with E-state index in [2.05, 4.69) is 5.32 Å². The largest absolute Gasteiger partial charge is 0.467 e. The van der Waals surface area contributed by atoms with Crippen LogP contribution in [0.1, 0.15) is 46.5 Å². The lowest BCUT2D eigenvalue weighted by Crippen LogP contribution is -2.57. The number of carbonyl (C=O) groups excluding carboxylic acids is 3. The molecule has 2 aliphatic rings. The van der Waals surface area contributed by atoms with Crippen molar-refractivity contribution in [1.29, 1.82) is 0 Å². The number of ether oxygens (including phenoxy) is 2. The van der Waals surface area contributed by atoms with E-state index in [-0.39, 0.29) is 18.7 Å². The predicted octanol–water partition coefficient (Wildman–Crippen LogP) is 2.92. The van der Waals surface area contributed by atoms with Crippen LogP contribution in [0, 0.1) is 5.41 Å². The van der Waals surface area contributed by atoms with Crippen molar-refractivity contribution in [2.45, 2.75) is 64.6 Å². The van der Waals surface area contributed by atoms with E-state index in [1.165, 1.54) is 12.0 Å². The van der Waals surface area contributed by atoms with Crippen LogP contribution in [0.2, 0.25) is 0 Å². The zero-order valence-electron chi connectivity index (χ0n) is 18.8. The normalized spacial score (nSPS) is 20.5. The highest BCUT2D eigenvalue weighted by atomic mass is 16.6. The van der Waals surface area contributed by atoms with Gasteiger partial charge in [0.25, 0.3) is 0 Å². The number of rotatable bonds is 5. The third-order valence-electron chi connectivity index (χ3n) is 5.92. The number of nitrogens with zero attached hydrogens (tertiary/aromatic N) is 2. The van der Waals surface area contributed by atoms with Gasteiger partial charge in [-0.15, -0.1) is 0 Å². The van der Waals surface area contributed by atoms with Crippen molar-refractivity contribution < 1.29 is 23.9 Å². The molecule has 3 rings (SSSR count). The molecule has 1 aromatic rings. The SMILES string of the molecule is COC(=O)[C@@H]1CN(c2ccccc2)CN1C(=O)C(NC(=O)OC1CCCC1)C(C)(C)C. The summed E-state index contributed by atoms with van der Waals surface area (Å²) in [5.74, 6) is -0.808. The Morgan fingerprint density at radius 1 is 1.10 bits per heavy atom. The van der Waals surface area contributed by atoms with Gasteiger partial charge >= 0.3 is 12.1 Å². The summed E-state index contributed by atoms with van der Waals surface area (Å²) < 4.78 is 10.5. The van der Waals surface area contributed by atoms with Crippen LogP contribution < -0.4 is 10.2 Å². The predicted molar refractivity (Wildman–Crippen MR) is 116 cm³/mol. The second-order valence-corrected chi connectivity index (χ2v) is 9.30.